The predicted octanol–water partition coefficient (Wildman–Crippen LogP) is 5.66. The summed E-state index contributed by atoms with van der Waals surface area (Å²) in [6.45, 7) is 0.297. The molecule has 0 saturated heterocycles. The number of nitriles is 1. The van der Waals surface area contributed by atoms with Crippen LogP contribution in [0.1, 0.15) is 10.4 Å². The van der Waals surface area contributed by atoms with Gasteiger partial charge in [-0.1, -0.05) is 41.4 Å². The summed E-state index contributed by atoms with van der Waals surface area (Å²) in [6, 6.07) is 15.3. The van der Waals surface area contributed by atoms with Crippen molar-refractivity contribution in [3.05, 3.63) is 63.0 Å². The number of halogens is 2. The summed E-state index contributed by atoms with van der Waals surface area (Å²) in [5.74, 6) is 0.615. The van der Waals surface area contributed by atoms with Crippen LogP contribution >= 0.6 is 34.5 Å². The van der Waals surface area contributed by atoms with Crippen molar-refractivity contribution >= 4 is 44.6 Å². The Morgan fingerprint density at radius 3 is 2.71 bits per heavy atom. The van der Waals surface area contributed by atoms with Crippen molar-refractivity contribution in [3.63, 3.8) is 0 Å². The number of hydrogen-bond acceptors (Lipinski definition) is 3. The SMILES string of the molecule is N#Cc1sc2ccccc2c1OCc1ccc(Cl)cc1Cl. The Kier molecular flexibility index (Phi) is 4.03. The fraction of sp³-hybridized carbons (Fsp3) is 0.0625. The highest BCUT2D eigenvalue weighted by atomic mass is 35.5. The molecule has 2 nitrogen and oxygen atoms in total. The third-order valence-corrected chi connectivity index (χ3v) is 4.68. The normalized spacial score (nSPS) is 10.5. The van der Waals surface area contributed by atoms with Crippen molar-refractivity contribution in [1.82, 2.24) is 0 Å². The van der Waals surface area contributed by atoms with Crippen LogP contribution in [0.5, 0.6) is 5.75 Å². The van der Waals surface area contributed by atoms with Gasteiger partial charge in [0.25, 0.3) is 0 Å². The topological polar surface area (TPSA) is 33.0 Å². The van der Waals surface area contributed by atoms with Crippen LogP contribution < -0.4 is 4.74 Å². The second kappa shape index (κ2) is 5.95. The Labute approximate surface area is 136 Å². The van der Waals surface area contributed by atoms with Crippen LogP contribution in [0.3, 0.4) is 0 Å². The van der Waals surface area contributed by atoms with Crippen molar-refractivity contribution in [3.8, 4) is 11.8 Å². The van der Waals surface area contributed by atoms with E-state index in [9.17, 15) is 5.26 Å². The van der Waals surface area contributed by atoms with Crippen LogP contribution in [0.4, 0.5) is 0 Å². The number of ether oxygens (including phenoxy) is 1. The minimum atomic E-state index is 0.297. The second-order valence-electron chi connectivity index (χ2n) is 4.39. The van der Waals surface area contributed by atoms with E-state index < -0.39 is 0 Å². The van der Waals surface area contributed by atoms with Gasteiger partial charge in [0.15, 0.2) is 5.75 Å². The van der Waals surface area contributed by atoms with Crippen molar-refractivity contribution in [2.45, 2.75) is 6.61 Å². The molecule has 0 radical (unpaired) electrons. The van der Waals surface area contributed by atoms with Crippen molar-refractivity contribution in [1.29, 1.82) is 5.26 Å². The molecule has 0 bridgehead atoms. The quantitative estimate of drug-likeness (QED) is 0.619. The number of fused-ring (bicyclic) bond motifs is 1. The monoisotopic (exact) mass is 333 g/mol. The third-order valence-electron chi connectivity index (χ3n) is 3.04. The molecule has 0 N–H and O–H groups in total. The Bertz CT molecular complexity index is 851. The Morgan fingerprint density at radius 1 is 1.14 bits per heavy atom. The van der Waals surface area contributed by atoms with Gasteiger partial charge in [-0.2, -0.15) is 5.26 Å². The zero-order valence-electron chi connectivity index (χ0n) is 10.8. The van der Waals surface area contributed by atoms with E-state index in [4.69, 9.17) is 27.9 Å². The molecule has 0 spiro atoms. The highest BCUT2D eigenvalue weighted by Crippen LogP contribution is 2.37. The summed E-state index contributed by atoms with van der Waals surface area (Å²) >= 11 is 13.4. The average molecular weight is 334 g/mol. The first-order valence-electron chi connectivity index (χ1n) is 6.17. The minimum absolute atomic E-state index is 0.297. The molecular formula is C16H9Cl2NOS. The Hall–Kier alpha value is -1.73. The summed E-state index contributed by atoms with van der Waals surface area (Å²) in [6.07, 6.45) is 0. The van der Waals surface area contributed by atoms with E-state index in [1.807, 2.05) is 30.3 Å². The molecule has 3 rings (SSSR count). The summed E-state index contributed by atoms with van der Waals surface area (Å²) in [5.41, 5.74) is 0.834. The second-order valence-corrected chi connectivity index (χ2v) is 6.29. The molecule has 0 fully saturated rings. The van der Waals surface area contributed by atoms with E-state index >= 15 is 0 Å². The molecule has 0 amide bonds. The summed E-state index contributed by atoms with van der Waals surface area (Å²) in [5, 5.41) is 11.3. The molecule has 0 aliphatic rings. The lowest BCUT2D eigenvalue weighted by molar-refractivity contribution is 0.310. The molecule has 21 heavy (non-hydrogen) atoms. The fourth-order valence-corrected chi connectivity index (χ4v) is 3.43. The summed E-state index contributed by atoms with van der Waals surface area (Å²) < 4.78 is 6.88. The minimum Gasteiger partial charge on any atom is -0.486 e. The van der Waals surface area contributed by atoms with Gasteiger partial charge in [-0.3, -0.25) is 0 Å². The van der Waals surface area contributed by atoms with Crippen LogP contribution in [-0.4, -0.2) is 0 Å². The van der Waals surface area contributed by atoms with Gasteiger partial charge >= 0.3 is 0 Å². The predicted molar refractivity (Wildman–Crippen MR) is 87.3 cm³/mol. The molecule has 0 unspecified atom stereocenters. The van der Waals surface area contributed by atoms with Gasteiger partial charge in [-0.25, -0.2) is 0 Å². The number of hydrogen-bond donors (Lipinski definition) is 0. The third kappa shape index (κ3) is 2.84. The van der Waals surface area contributed by atoms with E-state index in [1.54, 1.807) is 12.1 Å². The molecule has 3 aromatic rings. The molecule has 0 atom stereocenters. The van der Waals surface area contributed by atoms with Crippen molar-refractivity contribution < 1.29 is 4.74 Å². The molecule has 1 aromatic heterocycles. The van der Waals surface area contributed by atoms with Crippen LogP contribution in [0, 0.1) is 11.3 Å². The van der Waals surface area contributed by atoms with Crippen LogP contribution in [-0.2, 0) is 6.61 Å². The van der Waals surface area contributed by atoms with Gasteiger partial charge in [-0.05, 0) is 24.3 Å². The van der Waals surface area contributed by atoms with Crippen molar-refractivity contribution in [2.75, 3.05) is 0 Å². The average Bonchev–Trinajstić information content (AvgIpc) is 2.84. The van der Waals surface area contributed by atoms with E-state index in [1.165, 1.54) is 11.3 Å². The van der Waals surface area contributed by atoms with E-state index in [0.29, 0.717) is 27.3 Å². The van der Waals surface area contributed by atoms with Crippen molar-refractivity contribution in [2.24, 2.45) is 0 Å². The number of thiophene rings is 1. The zero-order chi connectivity index (χ0) is 14.8. The van der Waals surface area contributed by atoms with E-state index in [0.717, 1.165) is 15.6 Å². The van der Waals surface area contributed by atoms with Gasteiger partial charge < -0.3 is 4.74 Å². The first kappa shape index (κ1) is 14.2. The largest absolute Gasteiger partial charge is 0.486 e. The molecule has 5 heteroatoms. The van der Waals surface area contributed by atoms with Gasteiger partial charge in [0.05, 0.1) is 0 Å². The first-order chi connectivity index (χ1) is 10.2. The molecule has 0 aliphatic heterocycles. The van der Waals surface area contributed by atoms with Gasteiger partial charge in [0.2, 0.25) is 0 Å². The maximum absolute atomic E-state index is 9.24. The zero-order valence-corrected chi connectivity index (χ0v) is 13.1. The summed E-state index contributed by atoms with van der Waals surface area (Å²) in [4.78, 5) is 0.571. The van der Waals surface area contributed by atoms with E-state index in [-0.39, 0.29) is 0 Å². The molecule has 0 saturated carbocycles. The fourth-order valence-electron chi connectivity index (χ4n) is 2.03. The van der Waals surface area contributed by atoms with Gasteiger partial charge in [0, 0.05) is 25.7 Å². The van der Waals surface area contributed by atoms with Gasteiger partial charge in [0.1, 0.15) is 17.6 Å². The molecule has 0 aliphatic carbocycles. The maximum atomic E-state index is 9.24. The lowest BCUT2D eigenvalue weighted by Gasteiger charge is -2.08. The number of rotatable bonds is 3. The molecular weight excluding hydrogens is 325 g/mol. The Balaban J connectivity index is 1.93. The lowest BCUT2D eigenvalue weighted by Crippen LogP contribution is -1.96. The molecule has 1 heterocycles. The Morgan fingerprint density at radius 2 is 1.95 bits per heavy atom. The highest BCUT2D eigenvalue weighted by Gasteiger charge is 2.13. The van der Waals surface area contributed by atoms with Gasteiger partial charge in [-0.15, -0.1) is 11.3 Å². The molecule has 2 aromatic carbocycles. The number of nitrogens with zero attached hydrogens (tertiary/aromatic N) is 1. The van der Waals surface area contributed by atoms with E-state index in [2.05, 4.69) is 6.07 Å². The van der Waals surface area contributed by atoms with Crippen LogP contribution in [0.25, 0.3) is 10.1 Å². The summed E-state index contributed by atoms with van der Waals surface area (Å²) in [7, 11) is 0. The smallest absolute Gasteiger partial charge is 0.156 e. The first-order valence-corrected chi connectivity index (χ1v) is 7.74. The number of benzene rings is 2. The maximum Gasteiger partial charge on any atom is 0.156 e. The van der Waals surface area contributed by atoms with Crippen LogP contribution in [0.15, 0.2) is 42.5 Å². The highest BCUT2D eigenvalue weighted by molar-refractivity contribution is 7.20. The molecule has 104 valence electrons. The standard InChI is InChI=1S/C16H9Cl2NOS/c17-11-6-5-10(13(18)7-11)9-20-16-12-3-1-2-4-14(12)21-15(16)8-19/h1-7H,9H2. The lowest BCUT2D eigenvalue weighted by atomic mass is 10.2. The van der Waals surface area contributed by atoms with Crippen LogP contribution in [0.2, 0.25) is 10.0 Å².